The molecule has 0 fully saturated rings. The highest BCUT2D eigenvalue weighted by Crippen LogP contribution is 2.32. The molecule has 0 aliphatic rings. The first-order valence-electron chi connectivity index (χ1n) is 7.16. The lowest BCUT2D eigenvalue weighted by atomic mass is 10.1. The van der Waals surface area contributed by atoms with Crippen molar-refractivity contribution in [3.8, 4) is 0 Å². The lowest BCUT2D eigenvalue weighted by Crippen LogP contribution is -2.21. The second kappa shape index (κ2) is 6.03. The van der Waals surface area contributed by atoms with Gasteiger partial charge in [-0.15, -0.1) is 0 Å². The standard InChI is InChI=1S/C16H18BrN3O/c1-3-18-15(12-9-19-20(4-2)10-12)14-8-11-6-5-7-13(17)16(11)21-14/h5-10,15,18H,3-4H2,1-2H3. The molecule has 0 radical (unpaired) electrons. The predicted molar refractivity (Wildman–Crippen MR) is 87.3 cm³/mol. The molecule has 3 rings (SSSR count). The Morgan fingerprint density at radius 2 is 2.24 bits per heavy atom. The number of aromatic nitrogens is 2. The summed E-state index contributed by atoms with van der Waals surface area (Å²) in [4.78, 5) is 0. The number of hydrogen-bond acceptors (Lipinski definition) is 3. The van der Waals surface area contributed by atoms with Crippen molar-refractivity contribution in [3.05, 3.63) is 52.5 Å². The molecule has 0 spiro atoms. The molecule has 2 heterocycles. The van der Waals surface area contributed by atoms with Gasteiger partial charge in [-0.2, -0.15) is 5.10 Å². The van der Waals surface area contributed by atoms with Crippen molar-refractivity contribution in [2.75, 3.05) is 6.54 Å². The minimum atomic E-state index is 0.0228. The van der Waals surface area contributed by atoms with Crippen LogP contribution in [-0.2, 0) is 6.54 Å². The van der Waals surface area contributed by atoms with Crippen LogP contribution in [0.4, 0.5) is 0 Å². The van der Waals surface area contributed by atoms with E-state index in [1.54, 1.807) is 0 Å². The number of nitrogens with zero attached hydrogens (tertiary/aromatic N) is 2. The van der Waals surface area contributed by atoms with E-state index in [0.29, 0.717) is 0 Å². The van der Waals surface area contributed by atoms with Gasteiger partial charge in [-0.05, 0) is 41.5 Å². The van der Waals surface area contributed by atoms with Crippen molar-refractivity contribution in [2.45, 2.75) is 26.4 Å². The lowest BCUT2D eigenvalue weighted by Gasteiger charge is -2.13. The van der Waals surface area contributed by atoms with E-state index in [1.165, 1.54) is 0 Å². The van der Waals surface area contributed by atoms with Crippen LogP contribution >= 0.6 is 15.9 Å². The highest BCUT2D eigenvalue weighted by atomic mass is 79.9. The van der Waals surface area contributed by atoms with Crippen LogP contribution in [0.3, 0.4) is 0 Å². The van der Waals surface area contributed by atoms with Crippen LogP contribution in [0, 0.1) is 0 Å². The Kier molecular flexibility index (Phi) is 4.12. The Balaban J connectivity index is 2.04. The minimum absolute atomic E-state index is 0.0228. The monoisotopic (exact) mass is 347 g/mol. The molecule has 4 nitrogen and oxygen atoms in total. The predicted octanol–water partition coefficient (Wildman–Crippen LogP) is 4.11. The van der Waals surface area contributed by atoms with Crippen molar-refractivity contribution < 1.29 is 4.42 Å². The van der Waals surface area contributed by atoms with Crippen LogP contribution in [0.5, 0.6) is 0 Å². The van der Waals surface area contributed by atoms with Gasteiger partial charge in [0, 0.05) is 23.7 Å². The molecule has 5 heteroatoms. The largest absolute Gasteiger partial charge is 0.458 e. The van der Waals surface area contributed by atoms with Crippen LogP contribution in [0.2, 0.25) is 0 Å². The minimum Gasteiger partial charge on any atom is -0.458 e. The fourth-order valence-electron chi connectivity index (χ4n) is 2.48. The average Bonchev–Trinajstić information content (AvgIpc) is 3.12. The van der Waals surface area contributed by atoms with Crippen molar-refractivity contribution in [1.82, 2.24) is 15.1 Å². The number of furan rings is 1. The maximum absolute atomic E-state index is 6.06. The number of halogens is 1. The number of nitrogens with one attached hydrogen (secondary N) is 1. The topological polar surface area (TPSA) is 43.0 Å². The SMILES string of the molecule is CCNC(c1cnn(CC)c1)c1cc2cccc(Br)c2o1. The molecule has 0 saturated heterocycles. The fraction of sp³-hybridized carbons (Fsp3) is 0.312. The van der Waals surface area contributed by atoms with Gasteiger partial charge in [0.05, 0.1) is 16.7 Å². The molecule has 0 amide bonds. The Morgan fingerprint density at radius 3 is 2.90 bits per heavy atom. The number of aryl methyl sites for hydroxylation is 1. The maximum atomic E-state index is 6.06. The number of benzene rings is 1. The molecule has 1 atom stereocenters. The zero-order valence-electron chi connectivity index (χ0n) is 12.1. The maximum Gasteiger partial charge on any atom is 0.148 e. The Bertz CT molecular complexity index is 747. The molecule has 0 aliphatic carbocycles. The summed E-state index contributed by atoms with van der Waals surface area (Å²) in [5.74, 6) is 0.911. The third-order valence-electron chi connectivity index (χ3n) is 3.52. The molecule has 2 aromatic heterocycles. The van der Waals surface area contributed by atoms with Gasteiger partial charge < -0.3 is 9.73 Å². The van der Waals surface area contributed by atoms with Gasteiger partial charge in [-0.3, -0.25) is 4.68 Å². The Morgan fingerprint density at radius 1 is 1.38 bits per heavy atom. The third kappa shape index (κ3) is 2.76. The quantitative estimate of drug-likeness (QED) is 0.755. The molecular formula is C16H18BrN3O. The van der Waals surface area contributed by atoms with Crippen LogP contribution in [0.25, 0.3) is 11.0 Å². The normalized spacial score (nSPS) is 12.9. The van der Waals surface area contributed by atoms with E-state index in [0.717, 1.165) is 39.9 Å². The second-order valence-corrected chi connectivity index (χ2v) is 5.78. The Hall–Kier alpha value is -1.59. The van der Waals surface area contributed by atoms with Gasteiger partial charge >= 0.3 is 0 Å². The van der Waals surface area contributed by atoms with Crippen molar-refractivity contribution >= 4 is 26.9 Å². The van der Waals surface area contributed by atoms with Crippen molar-refractivity contribution in [2.24, 2.45) is 0 Å². The van der Waals surface area contributed by atoms with E-state index >= 15 is 0 Å². The van der Waals surface area contributed by atoms with Gasteiger partial charge in [-0.25, -0.2) is 0 Å². The number of hydrogen-bond donors (Lipinski definition) is 1. The summed E-state index contributed by atoms with van der Waals surface area (Å²) in [5.41, 5.74) is 2.01. The third-order valence-corrected chi connectivity index (χ3v) is 4.14. The van der Waals surface area contributed by atoms with Gasteiger partial charge in [0.25, 0.3) is 0 Å². The van der Waals surface area contributed by atoms with Crippen LogP contribution in [0.1, 0.15) is 31.2 Å². The molecule has 1 unspecified atom stereocenters. The van der Waals surface area contributed by atoms with Gasteiger partial charge in [0.1, 0.15) is 11.3 Å². The van der Waals surface area contributed by atoms with E-state index in [9.17, 15) is 0 Å². The molecule has 21 heavy (non-hydrogen) atoms. The highest BCUT2D eigenvalue weighted by molar-refractivity contribution is 9.10. The zero-order valence-corrected chi connectivity index (χ0v) is 13.7. The summed E-state index contributed by atoms with van der Waals surface area (Å²) in [7, 11) is 0. The van der Waals surface area contributed by atoms with E-state index in [1.807, 2.05) is 23.0 Å². The second-order valence-electron chi connectivity index (χ2n) is 4.93. The van der Waals surface area contributed by atoms with Gasteiger partial charge in [0.15, 0.2) is 0 Å². The average molecular weight is 348 g/mol. The first-order valence-corrected chi connectivity index (χ1v) is 7.96. The zero-order chi connectivity index (χ0) is 14.8. The number of para-hydroxylation sites is 1. The molecule has 0 saturated carbocycles. The molecule has 1 N–H and O–H groups in total. The van der Waals surface area contributed by atoms with Crippen molar-refractivity contribution in [1.29, 1.82) is 0 Å². The molecule has 110 valence electrons. The van der Waals surface area contributed by atoms with Crippen LogP contribution in [0.15, 0.2) is 45.5 Å². The summed E-state index contributed by atoms with van der Waals surface area (Å²) < 4.78 is 8.97. The molecule has 0 aliphatic heterocycles. The summed E-state index contributed by atoms with van der Waals surface area (Å²) >= 11 is 3.54. The van der Waals surface area contributed by atoms with E-state index in [-0.39, 0.29) is 6.04 Å². The van der Waals surface area contributed by atoms with Gasteiger partial charge in [-0.1, -0.05) is 19.1 Å². The fourth-order valence-corrected chi connectivity index (χ4v) is 2.94. The van der Waals surface area contributed by atoms with Crippen LogP contribution in [-0.4, -0.2) is 16.3 Å². The summed E-state index contributed by atoms with van der Waals surface area (Å²) in [5, 5.41) is 8.93. The molecule has 0 bridgehead atoms. The first-order chi connectivity index (χ1) is 10.2. The van der Waals surface area contributed by atoms with Crippen LogP contribution < -0.4 is 5.32 Å². The molecule has 3 aromatic rings. The smallest absolute Gasteiger partial charge is 0.148 e. The van der Waals surface area contributed by atoms with E-state index < -0.39 is 0 Å². The van der Waals surface area contributed by atoms with Crippen molar-refractivity contribution in [3.63, 3.8) is 0 Å². The Labute approximate surface area is 132 Å². The highest BCUT2D eigenvalue weighted by Gasteiger charge is 2.19. The number of fused-ring (bicyclic) bond motifs is 1. The summed E-state index contributed by atoms with van der Waals surface area (Å²) in [6, 6.07) is 8.19. The first kappa shape index (κ1) is 14.4. The van der Waals surface area contributed by atoms with E-state index in [4.69, 9.17) is 4.42 Å². The molecule has 1 aromatic carbocycles. The molecular weight excluding hydrogens is 330 g/mol. The number of rotatable bonds is 5. The summed E-state index contributed by atoms with van der Waals surface area (Å²) in [6.07, 6.45) is 3.97. The summed E-state index contributed by atoms with van der Waals surface area (Å²) in [6.45, 7) is 5.90. The lowest BCUT2D eigenvalue weighted by molar-refractivity contribution is 0.476. The van der Waals surface area contributed by atoms with E-state index in [2.05, 4.69) is 58.5 Å². The van der Waals surface area contributed by atoms with Gasteiger partial charge in [0.2, 0.25) is 0 Å².